The molecule has 0 unspecified atom stereocenters. The number of fused-ring (bicyclic) bond motifs is 2. The van der Waals surface area contributed by atoms with Gasteiger partial charge in [-0.05, 0) is 73.2 Å². The van der Waals surface area contributed by atoms with Crippen molar-refractivity contribution in [3.05, 3.63) is 42.1 Å². The van der Waals surface area contributed by atoms with Gasteiger partial charge in [-0.1, -0.05) is 57.1 Å². The van der Waals surface area contributed by atoms with Crippen LogP contribution >= 0.6 is 0 Å². The Kier molecular flexibility index (Phi) is 14.1. The number of aliphatic hydroxyl groups excluding tert-OH is 1. The number of hydrogen-bond donors (Lipinski definition) is 2. The summed E-state index contributed by atoms with van der Waals surface area (Å²) in [6.07, 6.45) is -1.52. The van der Waals surface area contributed by atoms with Crippen molar-refractivity contribution in [3.63, 3.8) is 0 Å². The van der Waals surface area contributed by atoms with Crippen molar-refractivity contribution in [1.82, 2.24) is 9.88 Å². The van der Waals surface area contributed by atoms with Gasteiger partial charge in [0.15, 0.2) is 23.8 Å². The van der Waals surface area contributed by atoms with E-state index in [0.717, 1.165) is 17.8 Å². The molecule has 59 heavy (non-hydrogen) atoms. The standard InChI is InChI=1S/C43H61FN4O11/c1-12-31-43(8)37(58-40(52)59-43)25(4)33(47-54-19-15-16-27-22-46-29-18-14-13-17-28(29)32(27)45)23(2)21-41(6,53-11)36(26(5)35(50)42(7,44)39(51)56-31)57-38-34(49)30(48(9)10)20-24(3)55-38/h13-18,22-26,30-31,34,36-38,49H,12,19-21H2,1-11H3,(H2,45,46)/b16-15+,47-33+/t23-,24-,25+,26+,30+,31-,34-,36-,37-,38+,41-,42+,43-/m1/s1. The highest BCUT2D eigenvalue weighted by molar-refractivity contribution is 6.08. The number of cyclic esters (lactones) is 1. The number of para-hydroxylation sites is 1. The van der Waals surface area contributed by atoms with Gasteiger partial charge < -0.3 is 49.0 Å². The zero-order valence-electron chi connectivity index (χ0n) is 36.0. The normalized spacial score (nSPS) is 38.2. The second kappa shape index (κ2) is 18.2. The van der Waals surface area contributed by atoms with Crippen LogP contribution in [0.2, 0.25) is 0 Å². The number of ether oxygens (including phenoxy) is 6. The Morgan fingerprint density at radius 1 is 1.08 bits per heavy atom. The van der Waals surface area contributed by atoms with Crippen LogP contribution in [0.3, 0.4) is 0 Å². The van der Waals surface area contributed by atoms with Crippen LogP contribution in [0.25, 0.3) is 17.0 Å². The van der Waals surface area contributed by atoms with Gasteiger partial charge in [-0.3, -0.25) is 9.78 Å². The molecule has 0 radical (unpaired) electrons. The van der Waals surface area contributed by atoms with E-state index in [4.69, 9.17) is 39.0 Å². The second-order valence-electron chi connectivity index (χ2n) is 16.9. The van der Waals surface area contributed by atoms with Gasteiger partial charge in [0.1, 0.15) is 18.8 Å². The van der Waals surface area contributed by atoms with E-state index >= 15 is 4.39 Å². The van der Waals surface area contributed by atoms with Gasteiger partial charge in [0, 0.05) is 53.7 Å². The van der Waals surface area contributed by atoms with Crippen molar-refractivity contribution in [2.24, 2.45) is 22.9 Å². The van der Waals surface area contributed by atoms with Gasteiger partial charge in [0.2, 0.25) is 0 Å². The molecule has 1 aromatic carbocycles. The minimum absolute atomic E-state index is 0.0126. The van der Waals surface area contributed by atoms with Gasteiger partial charge in [0.25, 0.3) is 5.67 Å². The lowest BCUT2D eigenvalue weighted by molar-refractivity contribution is -0.295. The smallest absolute Gasteiger partial charge is 0.455 e. The van der Waals surface area contributed by atoms with E-state index in [1.54, 1.807) is 46.0 Å². The molecule has 2 aromatic rings. The number of nitrogens with zero attached hydrogens (tertiary/aromatic N) is 3. The highest BCUT2D eigenvalue weighted by Gasteiger charge is 2.60. The number of hydrogen-bond acceptors (Lipinski definition) is 15. The summed E-state index contributed by atoms with van der Waals surface area (Å²) in [4.78, 5) is 53.2. The fourth-order valence-corrected chi connectivity index (χ4v) is 8.88. The molecular weight excluding hydrogens is 767 g/mol. The molecule has 15 nitrogen and oxygen atoms in total. The maximum Gasteiger partial charge on any atom is 0.509 e. The highest BCUT2D eigenvalue weighted by Crippen LogP contribution is 2.43. The number of likely N-dealkylation sites (N-methyl/N-ethyl adjacent to an activating group) is 1. The zero-order valence-corrected chi connectivity index (χ0v) is 36.0. The van der Waals surface area contributed by atoms with Crippen molar-refractivity contribution >= 4 is 46.3 Å². The van der Waals surface area contributed by atoms with Gasteiger partial charge in [-0.15, -0.1) is 0 Å². The van der Waals surface area contributed by atoms with Crippen LogP contribution in [0.15, 0.2) is 41.7 Å². The Balaban J connectivity index is 1.56. The van der Waals surface area contributed by atoms with Crippen LogP contribution in [0.1, 0.15) is 80.2 Å². The average Bonchev–Trinajstić information content (AvgIpc) is 3.51. The van der Waals surface area contributed by atoms with Crippen molar-refractivity contribution in [1.29, 1.82) is 0 Å². The van der Waals surface area contributed by atoms with E-state index in [-0.39, 0.29) is 31.6 Å². The van der Waals surface area contributed by atoms with Gasteiger partial charge in [-0.25, -0.2) is 14.0 Å². The molecule has 5 rings (SSSR count). The number of esters is 1. The van der Waals surface area contributed by atoms with E-state index in [9.17, 15) is 19.5 Å². The summed E-state index contributed by atoms with van der Waals surface area (Å²) >= 11 is 0. The molecule has 3 aliphatic rings. The Labute approximate surface area is 345 Å². The number of carbonyl (C=O) groups is 3. The number of aromatic nitrogens is 1. The molecule has 0 bridgehead atoms. The maximum absolute atomic E-state index is 16.8. The Morgan fingerprint density at radius 2 is 1.78 bits per heavy atom. The Bertz CT molecular complexity index is 1910. The first-order valence-corrected chi connectivity index (χ1v) is 20.2. The zero-order chi connectivity index (χ0) is 43.6. The first kappa shape index (κ1) is 45.9. The molecule has 1 aromatic heterocycles. The lowest BCUT2D eigenvalue weighted by atomic mass is 9.73. The topological polar surface area (TPSA) is 191 Å². The first-order valence-electron chi connectivity index (χ1n) is 20.2. The molecule has 13 atom stereocenters. The number of nitrogen functional groups attached to an aromatic ring is 1. The van der Waals surface area contributed by atoms with Crippen LogP contribution in [0, 0.1) is 17.8 Å². The summed E-state index contributed by atoms with van der Waals surface area (Å²) in [6, 6.07) is 7.19. The maximum atomic E-state index is 16.8. The largest absolute Gasteiger partial charge is 0.509 e. The Morgan fingerprint density at radius 3 is 2.44 bits per heavy atom. The number of carbonyl (C=O) groups excluding carboxylic acids is 3. The number of anilines is 1. The number of benzene rings is 1. The number of pyridine rings is 1. The SMILES string of the molecule is CC[C@H]1OC(=O)[C@@](C)(F)C(=O)[C@H](C)[C@@H](O[C@@H]2O[C@H](C)C[C@H](N(C)C)[C@H]2O)[C@](C)(OC)C[C@@H](C)/C(=N\OC/C=C/c2cnc3ccccc3c2N)[C@H](C)[C@H]2OC(=O)O[C@@]21C. The molecule has 3 saturated heterocycles. The lowest BCUT2D eigenvalue weighted by Gasteiger charge is -2.47. The number of nitrogens with two attached hydrogens (primary N) is 1. The summed E-state index contributed by atoms with van der Waals surface area (Å²) in [5.41, 5.74) is 2.67. The molecule has 0 saturated carbocycles. The van der Waals surface area contributed by atoms with E-state index in [1.807, 2.05) is 57.1 Å². The van der Waals surface area contributed by atoms with Crippen LogP contribution in [0.4, 0.5) is 14.9 Å². The van der Waals surface area contributed by atoms with Gasteiger partial charge >= 0.3 is 12.1 Å². The number of rotatable bonds is 9. The molecule has 16 heteroatoms. The van der Waals surface area contributed by atoms with E-state index in [0.29, 0.717) is 23.4 Å². The minimum Gasteiger partial charge on any atom is -0.455 e. The number of oxime groups is 1. The number of methoxy groups -OCH3 is 1. The summed E-state index contributed by atoms with van der Waals surface area (Å²) in [5.74, 6) is -5.25. The number of ketones is 1. The molecule has 0 spiro atoms. The summed E-state index contributed by atoms with van der Waals surface area (Å²) in [6.45, 7) is 12.7. The molecular formula is C43H61FN4O11. The summed E-state index contributed by atoms with van der Waals surface area (Å²) < 4.78 is 52.9. The van der Waals surface area contributed by atoms with Crippen molar-refractivity contribution in [2.75, 3.05) is 33.5 Å². The molecule has 3 aliphatic heterocycles. The number of halogens is 1. The third kappa shape index (κ3) is 9.26. The molecule has 0 aliphatic carbocycles. The molecule has 4 heterocycles. The van der Waals surface area contributed by atoms with E-state index in [1.165, 1.54) is 14.0 Å². The number of Topliss-reactive ketones (excluding diaryl/α,β-unsaturated/α-hetero) is 1. The van der Waals surface area contributed by atoms with Gasteiger partial charge in [0.05, 0.1) is 29.0 Å². The third-order valence-corrected chi connectivity index (χ3v) is 12.3. The predicted molar refractivity (Wildman–Crippen MR) is 218 cm³/mol. The number of alkyl halides is 1. The molecule has 3 N–H and O–H groups in total. The summed E-state index contributed by atoms with van der Waals surface area (Å²) in [7, 11) is 5.09. The predicted octanol–water partition coefficient (Wildman–Crippen LogP) is 5.64. The first-order chi connectivity index (χ1) is 27.7. The third-order valence-electron chi connectivity index (χ3n) is 12.3. The Hall–Kier alpha value is -4.22. The summed E-state index contributed by atoms with van der Waals surface area (Å²) in [5, 5.41) is 16.9. The van der Waals surface area contributed by atoms with Gasteiger partial charge in [-0.2, -0.15) is 0 Å². The quantitative estimate of drug-likeness (QED) is 0.137. The van der Waals surface area contributed by atoms with Crippen molar-refractivity contribution in [3.8, 4) is 0 Å². The fraction of sp³-hybridized carbons (Fsp3) is 0.651. The minimum atomic E-state index is -3.17. The number of aliphatic hydroxyl groups is 1. The molecule has 0 amide bonds. The highest BCUT2D eigenvalue weighted by atomic mass is 19.1. The monoisotopic (exact) mass is 828 g/mol. The van der Waals surface area contributed by atoms with E-state index in [2.05, 4.69) is 10.1 Å². The fourth-order valence-electron chi connectivity index (χ4n) is 8.88. The van der Waals surface area contributed by atoms with Crippen LogP contribution in [-0.2, 0) is 42.8 Å². The van der Waals surface area contributed by atoms with Crippen molar-refractivity contribution < 1.29 is 57.1 Å². The lowest BCUT2D eigenvalue weighted by Crippen LogP contribution is -2.61. The average molecular weight is 829 g/mol. The van der Waals surface area contributed by atoms with Crippen LogP contribution in [-0.4, -0.2) is 126 Å². The van der Waals surface area contributed by atoms with Crippen LogP contribution < -0.4 is 5.73 Å². The van der Waals surface area contributed by atoms with E-state index < -0.39 is 83.2 Å². The molecule has 3 fully saturated rings. The van der Waals surface area contributed by atoms with Crippen molar-refractivity contribution in [2.45, 2.75) is 134 Å². The van der Waals surface area contributed by atoms with Crippen LogP contribution in [0.5, 0.6) is 0 Å². The second-order valence-corrected chi connectivity index (χ2v) is 16.9. The molecule has 326 valence electrons.